The number of benzene rings is 3. The Labute approximate surface area is 371 Å². The van der Waals surface area contributed by atoms with Crippen molar-refractivity contribution < 1.29 is 76.8 Å². The van der Waals surface area contributed by atoms with Gasteiger partial charge in [-0.3, -0.25) is 78.1 Å². The quantitative estimate of drug-likeness (QED) is 0.105. The largest absolute Gasteiger partial charge is 0.386 e. The number of nitrogens with one attached hydrogen (secondary N) is 3. The smallest absolute Gasteiger partial charge is 0.347 e. The van der Waals surface area contributed by atoms with Gasteiger partial charge in [-0.25, -0.2) is 18.4 Å². The third kappa shape index (κ3) is 10.6. The highest BCUT2D eigenvalue weighted by Crippen LogP contribution is 2.30. The maximum absolute atomic E-state index is 13.2. The van der Waals surface area contributed by atoms with Crippen molar-refractivity contribution in [2.45, 2.75) is 61.5 Å². The Bertz CT molecular complexity index is 2450. The number of halogens is 4. The molecule has 3 fully saturated rings. The van der Waals surface area contributed by atoms with Crippen LogP contribution in [0.5, 0.6) is 0 Å². The molecule has 5 N–H and O–H groups in total. The molecule has 0 aromatic heterocycles. The Morgan fingerprint density at radius 1 is 0.578 bits per heavy atom. The number of imide groups is 5. The molecule has 0 aliphatic carbocycles. The fourth-order valence-corrected chi connectivity index (χ4v) is 6.87. The maximum Gasteiger partial charge on any atom is 0.347 e. The van der Waals surface area contributed by atoms with Crippen LogP contribution >= 0.6 is 25.0 Å². The van der Waals surface area contributed by atoms with Gasteiger partial charge in [-0.05, 0) is 73.9 Å². The number of nitrogens with two attached hydrogens (primary N) is 1. The van der Waals surface area contributed by atoms with Crippen molar-refractivity contribution in [3.63, 3.8) is 0 Å². The lowest BCUT2D eigenvalue weighted by Crippen LogP contribution is -2.54. The third-order valence-corrected chi connectivity index (χ3v) is 9.99. The van der Waals surface area contributed by atoms with Gasteiger partial charge < -0.3 is 10.5 Å². The minimum Gasteiger partial charge on any atom is -0.386 e. The zero-order valence-electron chi connectivity index (χ0n) is 33.6. The molecule has 3 saturated heterocycles. The standard InChI is InChI=1S/C13H9FN2O4.C13H10N2O4S.C8H3FO3.C5H8N2O2.CH3F.ClH/c14-6-1-2-7-8(5-6)13(20)16(12(7)19)9-3-4-10(17)15-11(9)18;16-10-4-3-9(11(17)14-10)15-12(18)7-2-1-6(20)5-8(7)13(15)19;9-4-1-2-5-6(3-4)8(11)12-7(5)10;6-3-1-2-4(8)7-5(3)9;1-2;/h1-2,5,9H,3-4H2,(H,15,17,18);1-2,5,9,20H,3-4H2,(H,14,16,17);1-3H;3H,1-2,6H2,(H,7,8,9);1H3;1H/i;;;;1D;. The first-order chi connectivity index (χ1) is 30.3. The second-order valence-electron chi connectivity index (χ2n) is 13.7. The highest BCUT2D eigenvalue weighted by atomic mass is 35.5. The van der Waals surface area contributed by atoms with Gasteiger partial charge >= 0.3 is 11.9 Å². The van der Waals surface area contributed by atoms with Crippen LogP contribution in [0.2, 0.25) is 0 Å². The van der Waals surface area contributed by atoms with Crippen LogP contribution in [0.3, 0.4) is 0 Å². The summed E-state index contributed by atoms with van der Waals surface area (Å²) in [7, 11) is -1.00. The second kappa shape index (κ2) is 20.8. The minimum absolute atomic E-state index is 0. The molecule has 19 nitrogen and oxygen atoms in total. The predicted molar refractivity (Wildman–Crippen MR) is 214 cm³/mol. The Morgan fingerprint density at radius 2 is 0.953 bits per heavy atom. The van der Waals surface area contributed by atoms with Crippen molar-refractivity contribution in [1.29, 1.82) is 0 Å². The molecule has 6 heterocycles. The van der Waals surface area contributed by atoms with Gasteiger partial charge in [0.15, 0.2) is 0 Å². The van der Waals surface area contributed by atoms with E-state index >= 15 is 0 Å². The van der Waals surface area contributed by atoms with Gasteiger partial charge in [0, 0.05) is 24.2 Å². The molecule has 6 aliphatic heterocycles. The van der Waals surface area contributed by atoms with Crippen LogP contribution in [0.4, 0.5) is 13.2 Å². The molecule has 10 amide bonds. The zero-order valence-corrected chi connectivity index (χ0v) is 34.4. The highest BCUT2D eigenvalue weighted by Gasteiger charge is 2.46. The van der Waals surface area contributed by atoms with Crippen molar-refractivity contribution in [3.8, 4) is 0 Å². The van der Waals surface area contributed by atoms with E-state index in [1.54, 1.807) is 6.07 Å². The van der Waals surface area contributed by atoms with Crippen LogP contribution < -0.4 is 21.7 Å². The lowest BCUT2D eigenvalue weighted by atomic mass is 10.0. The van der Waals surface area contributed by atoms with E-state index < -0.39 is 90.2 Å². The van der Waals surface area contributed by atoms with E-state index in [-0.39, 0.29) is 89.2 Å². The van der Waals surface area contributed by atoms with Gasteiger partial charge in [0.25, 0.3) is 23.6 Å². The number of ether oxygens (including phenoxy) is 1. The van der Waals surface area contributed by atoms with Crippen LogP contribution in [-0.2, 0) is 33.5 Å². The number of rotatable bonds is 2. The molecule has 9 rings (SSSR count). The van der Waals surface area contributed by atoms with E-state index in [1.165, 1.54) is 24.3 Å². The molecule has 24 heteroatoms. The van der Waals surface area contributed by atoms with E-state index in [4.69, 9.17) is 7.10 Å². The van der Waals surface area contributed by atoms with Gasteiger partial charge in [-0.15, -0.1) is 25.0 Å². The number of esters is 2. The van der Waals surface area contributed by atoms with Crippen LogP contribution in [0.1, 0.15) is 102 Å². The van der Waals surface area contributed by atoms with E-state index in [9.17, 15) is 70.7 Å². The lowest BCUT2D eigenvalue weighted by molar-refractivity contribution is -0.137. The summed E-state index contributed by atoms with van der Waals surface area (Å²) in [5.74, 6) is -7.75. The van der Waals surface area contributed by atoms with Crippen LogP contribution in [0.25, 0.3) is 0 Å². The van der Waals surface area contributed by atoms with Crippen molar-refractivity contribution in [2.75, 3.05) is 7.15 Å². The van der Waals surface area contributed by atoms with E-state index in [2.05, 4.69) is 33.3 Å². The van der Waals surface area contributed by atoms with Crippen LogP contribution in [0, 0.1) is 11.6 Å². The van der Waals surface area contributed by atoms with E-state index in [0.29, 0.717) is 17.7 Å². The number of fused-ring (bicyclic) bond motifs is 3. The normalized spacial score (nSPS) is 20.7. The molecule has 0 spiro atoms. The summed E-state index contributed by atoms with van der Waals surface area (Å²) >= 11 is 4.13. The van der Waals surface area contributed by atoms with Crippen molar-refractivity contribution >= 4 is 96.0 Å². The summed E-state index contributed by atoms with van der Waals surface area (Å²) in [6.07, 6.45) is 1.25. The molecule has 3 unspecified atom stereocenters. The number of nitrogens with zero attached hydrogens (tertiary/aromatic N) is 2. The molecular weight excluding hydrogens is 897 g/mol. The summed E-state index contributed by atoms with van der Waals surface area (Å²) in [6, 6.07) is 8.81. The van der Waals surface area contributed by atoms with Crippen LogP contribution in [-0.4, -0.2) is 106 Å². The molecular formula is C40H34ClF3N6O13S. The predicted octanol–water partition coefficient (Wildman–Crippen LogP) is 1.50. The van der Waals surface area contributed by atoms with Gasteiger partial charge in [0.2, 0.25) is 35.4 Å². The molecule has 3 aromatic rings. The fourth-order valence-electron chi connectivity index (χ4n) is 6.67. The summed E-state index contributed by atoms with van der Waals surface area (Å²) in [4.78, 5) is 140. The van der Waals surface area contributed by atoms with Crippen LogP contribution in [0.15, 0.2) is 59.5 Å². The first kappa shape index (κ1) is 47.9. The third-order valence-electron chi connectivity index (χ3n) is 9.71. The van der Waals surface area contributed by atoms with Crippen molar-refractivity contribution in [2.24, 2.45) is 5.73 Å². The fraction of sp³-hybridized carbons (Fsp3) is 0.250. The SMILES string of the molecule is Cl.NC1CCC(=O)NC1=O.O=C1CCC(N2C(=O)c3ccc(F)cc3C2=O)C(=O)N1.O=C1CCC(N2C(=O)c3ccc(S)cc3C2=O)C(=O)N1.O=C1OC(=O)c2cc(F)ccc21.[2H]CF. The molecule has 3 aromatic carbocycles. The Kier molecular flexibility index (Phi) is 15.6. The zero-order chi connectivity index (χ0) is 47.2. The summed E-state index contributed by atoms with van der Waals surface area (Å²) in [5, 5.41) is 6.36. The van der Waals surface area contributed by atoms with Gasteiger partial charge in [0.05, 0.1) is 47.9 Å². The average molecular weight is 932 g/mol. The number of hydrogen-bond donors (Lipinski definition) is 5. The first-order valence-electron chi connectivity index (χ1n) is 19.0. The Morgan fingerprint density at radius 3 is 1.41 bits per heavy atom. The molecule has 6 aliphatic rings. The number of carbonyl (C=O) groups is 12. The average Bonchev–Trinajstić information content (AvgIpc) is 3.76. The highest BCUT2D eigenvalue weighted by molar-refractivity contribution is 7.80. The number of piperidine rings is 3. The van der Waals surface area contributed by atoms with Gasteiger partial charge in [0.1, 0.15) is 23.7 Å². The Hall–Kier alpha value is -7.11. The van der Waals surface area contributed by atoms with E-state index in [0.717, 1.165) is 34.1 Å². The number of carbonyl (C=O) groups excluding carboxylic acids is 12. The lowest BCUT2D eigenvalue weighted by Gasteiger charge is -2.27. The molecule has 0 radical (unpaired) electrons. The van der Waals surface area contributed by atoms with Gasteiger partial charge in [-0.2, -0.15) is 0 Å². The number of alkyl halides is 1. The number of amides is 10. The summed E-state index contributed by atoms with van der Waals surface area (Å²) in [6.45, 7) is 0. The number of thiol groups is 1. The first-order valence-corrected chi connectivity index (χ1v) is 18.8. The molecule has 0 saturated carbocycles. The van der Waals surface area contributed by atoms with E-state index in [1.807, 2.05) is 0 Å². The minimum atomic E-state index is -1.02. The second-order valence-corrected chi connectivity index (χ2v) is 14.3. The number of hydrogen-bond acceptors (Lipinski definition) is 15. The molecule has 0 bridgehead atoms. The topological polar surface area (TPSA) is 283 Å². The van der Waals surface area contributed by atoms with Gasteiger partial charge in [-0.1, -0.05) is 0 Å². The summed E-state index contributed by atoms with van der Waals surface area (Å²) in [5.41, 5.74) is 5.92. The summed E-state index contributed by atoms with van der Waals surface area (Å²) < 4.78 is 45.4. The number of cyclic esters (lactones) is 2. The monoisotopic (exact) mass is 931 g/mol. The molecule has 64 heavy (non-hydrogen) atoms. The van der Waals surface area contributed by atoms with Crippen molar-refractivity contribution in [1.82, 2.24) is 25.8 Å². The van der Waals surface area contributed by atoms with Crippen molar-refractivity contribution in [3.05, 3.63) is 99.6 Å². The molecule has 336 valence electrons. The molecule has 3 atom stereocenters. The maximum atomic E-state index is 13.2. The Balaban J connectivity index is 0.000000193.